The highest BCUT2D eigenvalue weighted by Crippen LogP contribution is 2.20. The maximum atomic E-state index is 13.0. The van der Waals surface area contributed by atoms with Gasteiger partial charge < -0.3 is 5.32 Å². The maximum absolute atomic E-state index is 13.0. The van der Waals surface area contributed by atoms with E-state index < -0.39 is 0 Å². The van der Waals surface area contributed by atoms with E-state index in [1.165, 1.54) is 12.1 Å². The van der Waals surface area contributed by atoms with Crippen molar-refractivity contribution in [2.45, 2.75) is 26.4 Å². The Morgan fingerprint density at radius 1 is 1.50 bits per heavy atom. The molecular formula is C14H20ClFN2. The molecule has 0 radical (unpaired) electrons. The van der Waals surface area contributed by atoms with Crippen LogP contribution in [0.1, 0.15) is 19.4 Å². The van der Waals surface area contributed by atoms with Crippen molar-refractivity contribution < 1.29 is 4.39 Å². The molecule has 1 N–H and O–H groups in total. The van der Waals surface area contributed by atoms with Crippen molar-refractivity contribution >= 4 is 11.6 Å². The topological polar surface area (TPSA) is 15.3 Å². The van der Waals surface area contributed by atoms with Gasteiger partial charge in [-0.2, -0.15) is 0 Å². The van der Waals surface area contributed by atoms with Gasteiger partial charge in [0, 0.05) is 37.2 Å². The third kappa shape index (κ3) is 3.44. The van der Waals surface area contributed by atoms with E-state index in [1.54, 1.807) is 6.07 Å². The van der Waals surface area contributed by atoms with Gasteiger partial charge in [-0.1, -0.05) is 31.5 Å². The van der Waals surface area contributed by atoms with Gasteiger partial charge in [-0.15, -0.1) is 0 Å². The maximum Gasteiger partial charge on any atom is 0.124 e. The number of hydrogen-bond acceptors (Lipinski definition) is 2. The smallest absolute Gasteiger partial charge is 0.124 e. The lowest BCUT2D eigenvalue weighted by molar-refractivity contribution is 0.168. The number of rotatable bonds is 3. The van der Waals surface area contributed by atoms with Crippen molar-refractivity contribution in [2.75, 3.05) is 19.6 Å². The number of nitrogens with one attached hydrogen (secondary N) is 1. The molecule has 100 valence electrons. The Labute approximate surface area is 113 Å². The van der Waals surface area contributed by atoms with Gasteiger partial charge in [-0.05, 0) is 23.6 Å². The van der Waals surface area contributed by atoms with Gasteiger partial charge in [0.05, 0.1) is 0 Å². The van der Waals surface area contributed by atoms with E-state index in [0.717, 1.165) is 31.7 Å². The van der Waals surface area contributed by atoms with Crippen LogP contribution in [0.3, 0.4) is 0 Å². The second-order valence-electron chi connectivity index (χ2n) is 5.28. The van der Waals surface area contributed by atoms with Crippen LogP contribution in [0.15, 0.2) is 18.2 Å². The lowest BCUT2D eigenvalue weighted by atomic mass is 10.0. The summed E-state index contributed by atoms with van der Waals surface area (Å²) in [7, 11) is 0. The molecule has 1 unspecified atom stereocenters. The number of piperazine rings is 1. The van der Waals surface area contributed by atoms with E-state index in [0.29, 0.717) is 17.0 Å². The van der Waals surface area contributed by atoms with Crippen molar-refractivity contribution in [3.05, 3.63) is 34.6 Å². The first kappa shape index (κ1) is 13.8. The Bertz CT molecular complexity index is 409. The molecule has 0 saturated carbocycles. The number of hydrogen-bond donors (Lipinski definition) is 1. The number of benzene rings is 1. The van der Waals surface area contributed by atoms with Gasteiger partial charge in [0.2, 0.25) is 0 Å². The van der Waals surface area contributed by atoms with Crippen LogP contribution < -0.4 is 5.32 Å². The summed E-state index contributed by atoms with van der Waals surface area (Å²) in [5.41, 5.74) is 1.00. The summed E-state index contributed by atoms with van der Waals surface area (Å²) < 4.78 is 13.0. The quantitative estimate of drug-likeness (QED) is 0.909. The van der Waals surface area contributed by atoms with Crippen molar-refractivity contribution in [1.82, 2.24) is 10.2 Å². The minimum Gasteiger partial charge on any atom is -0.311 e. The lowest BCUT2D eigenvalue weighted by Gasteiger charge is -2.35. The van der Waals surface area contributed by atoms with Gasteiger partial charge in [-0.25, -0.2) is 4.39 Å². The Balaban J connectivity index is 2.00. The molecule has 1 aliphatic rings. The van der Waals surface area contributed by atoms with Gasteiger partial charge in [-0.3, -0.25) is 4.90 Å². The van der Waals surface area contributed by atoms with E-state index in [9.17, 15) is 4.39 Å². The first-order chi connectivity index (χ1) is 8.56. The zero-order valence-corrected chi connectivity index (χ0v) is 11.7. The van der Waals surface area contributed by atoms with E-state index in [2.05, 4.69) is 24.1 Å². The average Bonchev–Trinajstić information content (AvgIpc) is 2.33. The fourth-order valence-corrected chi connectivity index (χ4v) is 2.55. The van der Waals surface area contributed by atoms with Crippen LogP contribution in [0.4, 0.5) is 4.39 Å². The van der Waals surface area contributed by atoms with Crippen molar-refractivity contribution in [2.24, 2.45) is 5.92 Å². The van der Waals surface area contributed by atoms with Gasteiger partial charge in [0.15, 0.2) is 0 Å². The molecule has 0 aromatic heterocycles. The zero-order chi connectivity index (χ0) is 13.1. The molecule has 0 spiro atoms. The molecule has 1 aromatic carbocycles. The first-order valence-electron chi connectivity index (χ1n) is 6.46. The van der Waals surface area contributed by atoms with Crippen LogP contribution in [-0.4, -0.2) is 30.6 Å². The van der Waals surface area contributed by atoms with E-state index >= 15 is 0 Å². The number of nitrogens with zero attached hydrogens (tertiary/aromatic N) is 1. The molecule has 1 atom stereocenters. The van der Waals surface area contributed by atoms with Crippen LogP contribution in [0, 0.1) is 11.7 Å². The number of halogens is 2. The zero-order valence-electron chi connectivity index (χ0n) is 10.9. The molecule has 2 rings (SSSR count). The lowest BCUT2D eigenvalue weighted by Crippen LogP contribution is -2.52. The Kier molecular flexibility index (Phi) is 4.60. The highest BCUT2D eigenvalue weighted by atomic mass is 35.5. The van der Waals surface area contributed by atoms with Crippen LogP contribution in [0.5, 0.6) is 0 Å². The fourth-order valence-electron chi connectivity index (χ4n) is 2.32. The standard InChI is InChI=1S/C14H20ClFN2/c1-10(2)14-9-18(6-5-17-14)8-11-3-4-12(16)7-13(11)15/h3-4,7,10,14,17H,5-6,8-9H2,1-2H3. The van der Waals surface area contributed by atoms with Crippen LogP contribution in [0.2, 0.25) is 5.02 Å². The highest BCUT2D eigenvalue weighted by molar-refractivity contribution is 6.31. The SMILES string of the molecule is CC(C)C1CN(Cc2ccc(F)cc2Cl)CCN1. The van der Waals surface area contributed by atoms with Crippen molar-refractivity contribution in [1.29, 1.82) is 0 Å². The summed E-state index contributed by atoms with van der Waals surface area (Å²) in [4.78, 5) is 2.38. The summed E-state index contributed by atoms with van der Waals surface area (Å²) in [6.45, 7) is 8.28. The molecular weight excluding hydrogens is 251 g/mol. The van der Waals surface area contributed by atoms with Crippen LogP contribution >= 0.6 is 11.6 Å². The van der Waals surface area contributed by atoms with Gasteiger partial charge in [0.1, 0.15) is 5.82 Å². The molecule has 1 heterocycles. The molecule has 18 heavy (non-hydrogen) atoms. The third-order valence-electron chi connectivity index (χ3n) is 3.50. The van der Waals surface area contributed by atoms with E-state index in [1.807, 2.05) is 0 Å². The van der Waals surface area contributed by atoms with Gasteiger partial charge in [0.25, 0.3) is 0 Å². The molecule has 1 fully saturated rings. The third-order valence-corrected chi connectivity index (χ3v) is 3.86. The minimum atomic E-state index is -0.274. The summed E-state index contributed by atoms with van der Waals surface area (Å²) in [5.74, 6) is 0.348. The molecule has 1 aromatic rings. The summed E-state index contributed by atoms with van der Waals surface area (Å²) in [5, 5.41) is 4.05. The predicted molar refractivity (Wildman–Crippen MR) is 73.3 cm³/mol. The summed E-state index contributed by atoms with van der Waals surface area (Å²) >= 11 is 6.07. The molecule has 0 amide bonds. The molecule has 4 heteroatoms. The molecule has 2 nitrogen and oxygen atoms in total. The predicted octanol–water partition coefficient (Wildman–Crippen LogP) is 2.91. The normalized spacial score (nSPS) is 21.5. The summed E-state index contributed by atoms with van der Waals surface area (Å²) in [6.07, 6.45) is 0. The van der Waals surface area contributed by atoms with E-state index in [4.69, 9.17) is 11.6 Å². The largest absolute Gasteiger partial charge is 0.311 e. The molecule has 1 saturated heterocycles. The van der Waals surface area contributed by atoms with E-state index in [-0.39, 0.29) is 5.82 Å². The average molecular weight is 271 g/mol. The Morgan fingerprint density at radius 3 is 2.94 bits per heavy atom. The first-order valence-corrected chi connectivity index (χ1v) is 6.83. The molecule has 0 aliphatic carbocycles. The van der Waals surface area contributed by atoms with Crippen LogP contribution in [0.25, 0.3) is 0 Å². The highest BCUT2D eigenvalue weighted by Gasteiger charge is 2.22. The Morgan fingerprint density at radius 2 is 2.28 bits per heavy atom. The Hall–Kier alpha value is -0.640. The van der Waals surface area contributed by atoms with Crippen molar-refractivity contribution in [3.8, 4) is 0 Å². The van der Waals surface area contributed by atoms with Gasteiger partial charge >= 0.3 is 0 Å². The fraction of sp³-hybridized carbons (Fsp3) is 0.571. The minimum absolute atomic E-state index is 0.274. The van der Waals surface area contributed by atoms with Crippen LogP contribution in [-0.2, 0) is 6.54 Å². The second-order valence-corrected chi connectivity index (χ2v) is 5.68. The summed E-state index contributed by atoms with van der Waals surface area (Å²) in [6, 6.07) is 5.17. The molecule has 1 aliphatic heterocycles. The second kappa shape index (κ2) is 6.00. The van der Waals surface area contributed by atoms with Crippen molar-refractivity contribution in [3.63, 3.8) is 0 Å². The molecule has 0 bridgehead atoms. The monoisotopic (exact) mass is 270 g/mol.